The summed E-state index contributed by atoms with van der Waals surface area (Å²) in [6, 6.07) is 2.76. The summed E-state index contributed by atoms with van der Waals surface area (Å²) in [5.74, 6) is 0. The van der Waals surface area contributed by atoms with Crippen molar-refractivity contribution in [2.75, 3.05) is 0 Å². The fraction of sp³-hybridized carbons (Fsp3) is 0.500. The highest BCUT2D eigenvalue weighted by Crippen LogP contribution is 2.23. The highest BCUT2D eigenvalue weighted by atomic mass is 15.3. The lowest BCUT2D eigenvalue weighted by Crippen LogP contribution is -2.17. The smallest absolute Gasteiger partial charge is 0.0724 e. The van der Waals surface area contributed by atoms with Gasteiger partial charge < -0.3 is 5.32 Å². The van der Waals surface area contributed by atoms with Crippen molar-refractivity contribution in [3.8, 4) is 5.69 Å². The minimum atomic E-state index is 0.703. The van der Waals surface area contributed by atoms with Crippen molar-refractivity contribution in [1.29, 1.82) is 0 Å². The lowest BCUT2D eigenvalue weighted by Gasteiger charge is -2.11. The topological polar surface area (TPSA) is 42.7 Å². The standard InChI is InChI=1S/C16H22N4/c1-4-15-11(2)19-20(12(15)3)16-7-8-17-9-13(16)10-18-14-5-6-14/h7-9,14,18H,4-6,10H2,1-3H3. The number of nitrogens with one attached hydrogen (secondary N) is 1. The average Bonchev–Trinajstić information content (AvgIpc) is 3.23. The number of rotatable bonds is 5. The molecule has 0 atom stereocenters. The Morgan fingerprint density at radius 2 is 2.15 bits per heavy atom. The van der Waals surface area contributed by atoms with Crippen molar-refractivity contribution in [2.45, 2.75) is 52.6 Å². The summed E-state index contributed by atoms with van der Waals surface area (Å²) < 4.78 is 2.07. The van der Waals surface area contributed by atoms with E-state index in [1.807, 2.05) is 12.4 Å². The first-order chi connectivity index (χ1) is 9.70. The van der Waals surface area contributed by atoms with Crippen LogP contribution in [0.4, 0.5) is 0 Å². The van der Waals surface area contributed by atoms with Gasteiger partial charge in [0.15, 0.2) is 0 Å². The minimum Gasteiger partial charge on any atom is -0.310 e. The van der Waals surface area contributed by atoms with Crippen LogP contribution in [0.1, 0.15) is 42.3 Å². The molecule has 0 spiro atoms. The SMILES string of the molecule is CCc1c(C)nn(-c2ccncc2CNC2CC2)c1C. The van der Waals surface area contributed by atoms with Gasteiger partial charge in [0.25, 0.3) is 0 Å². The van der Waals surface area contributed by atoms with Crippen LogP contribution in [0.3, 0.4) is 0 Å². The van der Waals surface area contributed by atoms with E-state index in [4.69, 9.17) is 5.10 Å². The summed E-state index contributed by atoms with van der Waals surface area (Å²) in [4.78, 5) is 4.27. The third kappa shape index (κ3) is 2.48. The Morgan fingerprint density at radius 1 is 1.35 bits per heavy atom. The molecule has 0 radical (unpaired) electrons. The fourth-order valence-electron chi connectivity index (χ4n) is 2.73. The van der Waals surface area contributed by atoms with Gasteiger partial charge in [0.1, 0.15) is 0 Å². The van der Waals surface area contributed by atoms with E-state index < -0.39 is 0 Å². The second-order valence-electron chi connectivity index (χ2n) is 5.57. The Labute approximate surface area is 120 Å². The maximum Gasteiger partial charge on any atom is 0.0724 e. The molecule has 1 aliphatic rings. The number of aromatic nitrogens is 3. The molecule has 4 nitrogen and oxygen atoms in total. The quantitative estimate of drug-likeness (QED) is 0.908. The molecule has 0 aromatic carbocycles. The largest absolute Gasteiger partial charge is 0.310 e. The van der Waals surface area contributed by atoms with Crippen molar-refractivity contribution in [1.82, 2.24) is 20.1 Å². The van der Waals surface area contributed by atoms with E-state index in [-0.39, 0.29) is 0 Å². The van der Waals surface area contributed by atoms with E-state index in [2.05, 4.69) is 41.8 Å². The van der Waals surface area contributed by atoms with Crippen LogP contribution in [-0.2, 0) is 13.0 Å². The fourth-order valence-corrected chi connectivity index (χ4v) is 2.73. The van der Waals surface area contributed by atoms with Crippen molar-refractivity contribution in [2.24, 2.45) is 0 Å². The van der Waals surface area contributed by atoms with Gasteiger partial charge in [0.05, 0.1) is 11.4 Å². The zero-order chi connectivity index (χ0) is 14.1. The molecule has 0 saturated heterocycles. The maximum absolute atomic E-state index is 4.72. The molecule has 4 heteroatoms. The molecule has 0 aliphatic heterocycles. The lowest BCUT2D eigenvalue weighted by molar-refractivity contribution is 0.677. The van der Waals surface area contributed by atoms with Gasteiger partial charge in [0.2, 0.25) is 0 Å². The van der Waals surface area contributed by atoms with Crippen molar-refractivity contribution >= 4 is 0 Å². The van der Waals surface area contributed by atoms with Gasteiger partial charge in [-0.1, -0.05) is 6.92 Å². The van der Waals surface area contributed by atoms with Crippen LogP contribution in [0.25, 0.3) is 5.69 Å². The van der Waals surface area contributed by atoms with Crippen molar-refractivity contribution in [3.05, 3.63) is 41.0 Å². The van der Waals surface area contributed by atoms with Crippen molar-refractivity contribution < 1.29 is 0 Å². The van der Waals surface area contributed by atoms with Gasteiger partial charge >= 0.3 is 0 Å². The Hall–Kier alpha value is -1.68. The molecule has 2 aromatic rings. The Morgan fingerprint density at radius 3 is 2.80 bits per heavy atom. The predicted molar refractivity (Wildman–Crippen MR) is 80.1 cm³/mol. The normalized spacial score (nSPS) is 14.8. The second-order valence-corrected chi connectivity index (χ2v) is 5.57. The molecule has 0 unspecified atom stereocenters. The van der Waals surface area contributed by atoms with Gasteiger partial charge in [-0.3, -0.25) is 4.98 Å². The number of hydrogen-bond donors (Lipinski definition) is 1. The first kappa shape index (κ1) is 13.3. The van der Waals surface area contributed by atoms with Crippen LogP contribution < -0.4 is 5.32 Å². The van der Waals surface area contributed by atoms with Crippen LogP contribution in [0.2, 0.25) is 0 Å². The Balaban J connectivity index is 1.96. The summed E-state index contributed by atoms with van der Waals surface area (Å²) in [5, 5.41) is 8.27. The molecule has 106 valence electrons. The zero-order valence-electron chi connectivity index (χ0n) is 12.5. The lowest BCUT2D eigenvalue weighted by atomic mass is 10.1. The Bertz CT molecular complexity index is 611. The monoisotopic (exact) mass is 270 g/mol. The van der Waals surface area contributed by atoms with Crippen LogP contribution >= 0.6 is 0 Å². The summed E-state index contributed by atoms with van der Waals surface area (Å²) >= 11 is 0. The molecule has 0 bridgehead atoms. The first-order valence-corrected chi connectivity index (χ1v) is 7.42. The summed E-state index contributed by atoms with van der Waals surface area (Å²) in [7, 11) is 0. The molecular formula is C16H22N4. The number of aryl methyl sites for hydroxylation is 1. The molecule has 1 N–H and O–H groups in total. The summed E-state index contributed by atoms with van der Waals surface area (Å²) in [5.41, 5.74) is 6.08. The molecular weight excluding hydrogens is 248 g/mol. The third-order valence-electron chi connectivity index (χ3n) is 4.06. The van der Waals surface area contributed by atoms with Crippen molar-refractivity contribution in [3.63, 3.8) is 0 Å². The highest BCUT2D eigenvalue weighted by Gasteiger charge is 2.21. The van der Waals surface area contributed by atoms with Gasteiger partial charge in [-0.05, 0) is 44.7 Å². The minimum absolute atomic E-state index is 0.703. The highest BCUT2D eigenvalue weighted by molar-refractivity contribution is 5.42. The summed E-state index contributed by atoms with van der Waals surface area (Å²) in [6.07, 6.45) is 7.42. The average molecular weight is 270 g/mol. The number of hydrogen-bond acceptors (Lipinski definition) is 3. The Kier molecular flexibility index (Phi) is 3.57. The third-order valence-corrected chi connectivity index (χ3v) is 4.06. The second kappa shape index (κ2) is 5.37. The van der Waals surface area contributed by atoms with Crippen LogP contribution in [0.5, 0.6) is 0 Å². The van der Waals surface area contributed by atoms with Crippen LogP contribution in [-0.4, -0.2) is 20.8 Å². The van der Waals surface area contributed by atoms with E-state index >= 15 is 0 Å². The van der Waals surface area contributed by atoms with Gasteiger partial charge in [-0.25, -0.2) is 4.68 Å². The molecule has 1 saturated carbocycles. The molecule has 1 fully saturated rings. The van der Waals surface area contributed by atoms with E-state index in [0.29, 0.717) is 6.04 Å². The maximum atomic E-state index is 4.72. The first-order valence-electron chi connectivity index (χ1n) is 7.42. The number of pyridine rings is 1. The van der Waals surface area contributed by atoms with E-state index in [9.17, 15) is 0 Å². The molecule has 1 aliphatic carbocycles. The zero-order valence-corrected chi connectivity index (χ0v) is 12.5. The van der Waals surface area contributed by atoms with E-state index in [1.54, 1.807) is 0 Å². The number of nitrogens with zero attached hydrogens (tertiary/aromatic N) is 3. The van der Waals surface area contributed by atoms with Crippen LogP contribution in [0.15, 0.2) is 18.5 Å². The molecule has 3 rings (SSSR count). The van der Waals surface area contributed by atoms with E-state index in [1.165, 1.54) is 29.7 Å². The molecule has 0 amide bonds. The van der Waals surface area contributed by atoms with E-state index in [0.717, 1.165) is 24.3 Å². The van der Waals surface area contributed by atoms with Crippen LogP contribution in [0, 0.1) is 13.8 Å². The van der Waals surface area contributed by atoms with Gasteiger partial charge in [-0.2, -0.15) is 5.10 Å². The predicted octanol–water partition coefficient (Wildman–Crippen LogP) is 2.70. The summed E-state index contributed by atoms with van der Waals surface area (Å²) in [6.45, 7) is 7.29. The molecule has 20 heavy (non-hydrogen) atoms. The molecule has 2 heterocycles. The van der Waals surface area contributed by atoms with Gasteiger partial charge in [0, 0.05) is 36.2 Å². The van der Waals surface area contributed by atoms with Gasteiger partial charge in [-0.15, -0.1) is 0 Å². The molecule has 2 aromatic heterocycles.